The summed E-state index contributed by atoms with van der Waals surface area (Å²) in [7, 11) is 0. The summed E-state index contributed by atoms with van der Waals surface area (Å²) in [6.07, 6.45) is 1.31. The minimum Gasteiger partial charge on any atom is -0.478 e. The van der Waals surface area contributed by atoms with Gasteiger partial charge in [-0.25, -0.2) is 9.31 Å². The van der Waals surface area contributed by atoms with Gasteiger partial charge in [-0.05, 0) is 38.0 Å². The van der Waals surface area contributed by atoms with Crippen molar-refractivity contribution >= 4 is 11.5 Å². The average molecular weight is 232 g/mol. The highest BCUT2D eigenvalue weighted by molar-refractivity contribution is 5.89. The van der Waals surface area contributed by atoms with Crippen molar-refractivity contribution in [2.75, 3.05) is 0 Å². The molecule has 2 aromatic rings. The normalized spacial score (nSPS) is 17.3. The van der Waals surface area contributed by atoms with Crippen molar-refractivity contribution in [2.45, 2.75) is 25.4 Å². The number of carboxylic acids is 1. The Morgan fingerprint density at radius 2 is 2.12 bits per heavy atom. The second-order valence-corrected chi connectivity index (χ2v) is 4.59. The standard InChI is InChI=1S/C12H12N2O3/c1-7-4-9-5-8(11(15)16)6-10(14(9)13-7)12(17)2-3-12/h4-6,17H,2-3H2,1H3,(H,15,16). The lowest BCUT2D eigenvalue weighted by Gasteiger charge is -2.11. The Kier molecular flexibility index (Phi) is 1.86. The Balaban J connectivity index is 2.33. The third-order valence-corrected chi connectivity index (χ3v) is 3.13. The third-order valence-electron chi connectivity index (χ3n) is 3.13. The molecule has 1 aliphatic rings. The van der Waals surface area contributed by atoms with Crippen molar-refractivity contribution in [3.63, 3.8) is 0 Å². The molecule has 1 fully saturated rings. The monoisotopic (exact) mass is 232 g/mol. The van der Waals surface area contributed by atoms with Gasteiger partial charge in [-0.1, -0.05) is 0 Å². The Morgan fingerprint density at radius 1 is 1.41 bits per heavy atom. The van der Waals surface area contributed by atoms with Crippen LogP contribution in [0.4, 0.5) is 0 Å². The molecule has 1 saturated carbocycles. The molecule has 0 saturated heterocycles. The molecule has 2 aromatic heterocycles. The van der Waals surface area contributed by atoms with Crippen molar-refractivity contribution in [3.8, 4) is 0 Å². The van der Waals surface area contributed by atoms with Crippen molar-refractivity contribution in [1.29, 1.82) is 0 Å². The first-order valence-corrected chi connectivity index (χ1v) is 5.46. The van der Waals surface area contributed by atoms with Crippen molar-refractivity contribution in [1.82, 2.24) is 9.61 Å². The van der Waals surface area contributed by atoms with Crippen LogP contribution in [0.25, 0.3) is 5.52 Å². The summed E-state index contributed by atoms with van der Waals surface area (Å²) in [5.41, 5.74) is 1.37. The number of hydrogen-bond acceptors (Lipinski definition) is 3. The molecule has 0 aliphatic heterocycles. The number of fused-ring (bicyclic) bond motifs is 1. The van der Waals surface area contributed by atoms with Crippen molar-refractivity contribution in [3.05, 3.63) is 35.2 Å². The van der Waals surface area contributed by atoms with Crippen LogP contribution in [0.1, 0.15) is 34.6 Å². The quantitative estimate of drug-likeness (QED) is 0.818. The first kappa shape index (κ1) is 10.3. The average Bonchev–Trinajstić information content (AvgIpc) is 2.89. The maximum absolute atomic E-state index is 11.0. The number of aliphatic hydroxyl groups is 1. The maximum Gasteiger partial charge on any atom is 0.335 e. The smallest absolute Gasteiger partial charge is 0.335 e. The van der Waals surface area contributed by atoms with Crippen LogP contribution in [0.3, 0.4) is 0 Å². The fourth-order valence-electron chi connectivity index (χ4n) is 2.05. The second-order valence-electron chi connectivity index (χ2n) is 4.59. The molecule has 0 spiro atoms. The van der Waals surface area contributed by atoms with Crippen molar-refractivity contribution in [2.24, 2.45) is 0 Å². The van der Waals surface area contributed by atoms with Crippen LogP contribution in [0.2, 0.25) is 0 Å². The molecule has 0 unspecified atom stereocenters. The molecule has 0 radical (unpaired) electrons. The number of rotatable bonds is 2. The zero-order chi connectivity index (χ0) is 12.2. The number of pyridine rings is 1. The van der Waals surface area contributed by atoms with Crippen LogP contribution in [0.15, 0.2) is 18.2 Å². The topological polar surface area (TPSA) is 74.8 Å². The molecular weight excluding hydrogens is 220 g/mol. The van der Waals surface area contributed by atoms with Gasteiger partial charge >= 0.3 is 5.97 Å². The molecule has 17 heavy (non-hydrogen) atoms. The summed E-state index contributed by atoms with van der Waals surface area (Å²) >= 11 is 0. The van der Waals surface area contributed by atoms with E-state index in [4.69, 9.17) is 5.11 Å². The number of nitrogens with zero attached hydrogens (tertiary/aromatic N) is 2. The van der Waals surface area contributed by atoms with E-state index in [1.807, 2.05) is 13.0 Å². The Hall–Kier alpha value is -1.88. The fourth-order valence-corrected chi connectivity index (χ4v) is 2.05. The van der Waals surface area contributed by atoms with Crippen LogP contribution in [-0.2, 0) is 5.60 Å². The molecule has 2 heterocycles. The number of aromatic carboxylic acids is 1. The van der Waals surface area contributed by atoms with Crippen molar-refractivity contribution < 1.29 is 15.0 Å². The van der Waals surface area contributed by atoms with Crippen LogP contribution in [-0.4, -0.2) is 25.8 Å². The highest BCUT2D eigenvalue weighted by atomic mass is 16.4. The van der Waals surface area contributed by atoms with Gasteiger partial charge in [-0.3, -0.25) is 0 Å². The van der Waals surface area contributed by atoms with Crippen LogP contribution in [0.5, 0.6) is 0 Å². The van der Waals surface area contributed by atoms with Gasteiger partial charge in [0.15, 0.2) is 0 Å². The lowest BCUT2D eigenvalue weighted by atomic mass is 10.1. The van der Waals surface area contributed by atoms with Gasteiger partial charge in [0.1, 0.15) is 5.60 Å². The van der Waals surface area contributed by atoms with E-state index < -0.39 is 11.6 Å². The van der Waals surface area contributed by atoms with E-state index in [1.54, 1.807) is 10.6 Å². The summed E-state index contributed by atoms with van der Waals surface area (Å²) in [6.45, 7) is 1.84. The van der Waals surface area contributed by atoms with E-state index in [-0.39, 0.29) is 5.56 Å². The van der Waals surface area contributed by atoms with Gasteiger partial charge in [-0.2, -0.15) is 5.10 Å². The zero-order valence-electron chi connectivity index (χ0n) is 9.34. The number of aromatic nitrogens is 2. The first-order chi connectivity index (χ1) is 7.99. The van der Waals surface area contributed by atoms with E-state index in [1.165, 1.54) is 6.07 Å². The molecule has 5 nitrogen and oxygen atoms in total. The van der Waals surface area contributed by atoms with Gasteiger partial charge in [0.2, 0.25) is 0 Å². The van der Waals surface area contributed by atoms with Gasteiger partial charge in [0, 0.05) is 0 Å². The Morgan fingerprint density at radius 3 is 2.71 bits per heavy atom. The molecule has 3 rings (SSSR count). The summed E-state index contributed by atoms with van der Waals surface area (Å²) < 4.78 is 1.63. The highest BCUT2D eigenvalue weighted by Gasteiger charge is 2.44. The molecule has 0 amide bonds. The SMILES string of the molecule is Cc1cc2cc(C(=O)O)cc(C3(O)CC3)n2n1. The fraction of sp³-hybridized carbons (Fsp3) is 0.333. The largest absolute Gasteiger partial charge is 0.478 e. The minimum absolute atomic E-state index is 0.188. The van der Waals surface area contributed by atoms with Crippen LogP contribution >= 0.6 is 0 Å². The van der Waals surface area contributed by atoms with Gasteiger partial charge in [-0.15, -0.1) is 0 Å². The van der Waals surface area contributed by atoms with E-state index in [9.17, 15) is 9.90 Å². The van der Waals surface area contributed by atoms with E-state index >= 15 is 0 Å². The van der Waals surface area contributed by atoms with E-state index in [0.29, 0.717) is 24.1 Å². The molecule has 88 valence electrons. The lowest BCUT2D eigenvalue weighted by Crippen LogP contribution is -2.13. The molecular formula is C12H12N2O3. The second kappa shape index (κ2) is 3.07. The molecule has 0 atom stereocenters. The predicted molar refractivity (Wildman–Crippen MR) is 60.0 cm³/mol. The van der Waals surface area contributed by atoms with Gasteiger partial charge in [0.25, 0.3) is 0 Å². The molecule has 0 aromatic carbocycles. The Labute approximate surface area is 97.3 Å². The summed E-state index contributed by atoms with van der Waals surface area (Å²) in [5, 5.41) is 23.5. The van der Waals surface area contributed by atoms with Gasteiger partial charge in [0.05, 0.1) is 22.5 Å². The van der Waals surface area contributed by atoms with Gasteiger partial charge < -0.3 is 10.2 Å². The summed E-state index contributed by atoms with van der Waals surface area (Å²) in [4.78, 5) is 11.0. The highest BCUT2D eigenvalue weighted by Crippen LogP contribution is 2.45. The van der Waals surface area contributed by atoms with E-state index in [2.05, 4.69) is 5.10 Å². The number of carbonyl (C=O) groups is 1. The zero-order valence-corrected chi connectivity index (χ0v) is 9.34. The molecule has 0 bridgehead atoms. The molecule has 5 heteroatoms. The van der Waals surface area contributed by atoms with Crippen LogP contribution < -0.4 is 0 Å². The molecule has 1 aliphatic carbocycles. The van der Waals surface area contributed by atoms with E-state index in [0.717, 1.165) is 5.69 Å². The molecule has 2 N–H and O–H groups in total. The Bertz CT molecular complexity index is 626. The number of carboxylic acid groups (broad SMARTS) is 1. The van der Waals surface area contributed by atoms with Crippen LogP contribution in [0, 0.1) is 6.92 Å². The number of aryl methyl sites for hydroxylation is 1. The minimum atomic E-state index is -0.989. The maximum atomic E-state index is 11.0. The lowest BCUT2D eigenvalue weighted by molar-refractivity contribution is 0.0696. The predicted octanol–water partition coefficient (Wildman–Crippen LogP) is 1.32. The third kappa shape index (κ3) is 1.51. The number of hydrogen-bond donors (Lipinski definition) is 2. The first-order valence-electron chi connectivity index (χ1n) is 5.46. The summed E-state index contributed by atoms with van der Waals surface area (Å²) in [5.74, 6) is -0.989. The summed E-state index contributed by atoms with van der Waals surface area (Å²) in [6, 6.07) is 4.88.